The minimum Gasteiger partial charge on any atom is -0.349 e. The lowest BCUT2D eigenvalue weighted by atomic mass is 10.1. The van der Waals surface area contributed by atoms with E-state index in [2.05, 4.69) is 10.6 Å². The number of rotatable bonds is 11. The van der Waals surface area contributed by atoms with Crippen molar-refractivity contribution in [2.75, 3.05) is 13.1 Å². The van der Waals surface area contributed by atoms with Crippen molar-refractivity contribution < 1.29 is 19.2 Å². The normalized spacial score (nSPS) is 10.6. The summed E-state index contributed by atoms with van der Waals surface area (Å²) in [5.41, 5.74) is 0. The molecule has 0 heterocycles. The van der Waals surface area contributed by atoms with Crippen LogP contribution in [0, 0.1) is 11.8 Å². The number of Topliss-reactive ketones (excluding diaryl/α,β-unsaturated/α-hetero) is 2. The largest absolute Gasteiger partial charge is 0.349 e. The van der Waals surface area contributed by atoms with E-state index >= 15 is 0 Å². The predicted molar refractivity (Wildman–Crippen MR) is 84.2 cm³/mol. The molecule has 0 aliphatic rings. The molecule has 2 N–H and O–H groups in total. The third-order valence-electron chi connectivity index (χ3n) is 3.27. The Morgan fingerprint density at radius 1 is 0.682 bits per heavy atom. The van der Waals surface area contributed by atoms with Crippen molar-refractivity contribution in [1.29, 1.82) is 0 Å². The Bertz CT molecular complexity index is 365. The first-order valence-corrected chi connectivity index (χ1v) is 7.82. The highest BCUT2D eigenvalue weighted by Crippen LogP contribution is 2.01. The van der Waals surface area contributed by atoms with Crippen LogP contribution in [0.25, 0.3) is 0 Å². The van der Waals surface area contributed by atoms with Crippen LogP contribution in [0.4, 0.5) is 0 Å². The molecular weight excluding hydrogens is 284 g/mol. The van der Waals surface area contributed by atoms with E-state index in [1.807, 2.05) is 0 Å². The summed E-state index contributed by atoms with van der Waals surface area (Å²) in [5.74, 6) is -0.519. The van der Waals surface area contributed by atoms with Crippen LogP contribution in [0.3, 0.4) is 0 Å². The molecule has 0 atom stereocenters. The van der Waals surface area contributed by atoms with Gasteiger partial charge in [0.2, 0.25) is 11.8 Å². The number of ketones is 2. The lowest BCUT2D eigenvalue weighted by Gasteiger charge is -2.07. The minimum absolute atomic E-state index is 0.00236. The molecule has 0 radical (unpaired) electrons. The molecule has 0 bridgehead atoms. The lowest BCUT2D eigenvalue weighted by Crippen LogP contribution is -2.32. The van der Waals surface area contributed by atoms with Crippen molar-refractivity contribution in [2.45, 2.75) is 53.4 Å². The van der Waals surface area contributed by atoms with Gasteiger partial charge in [-0.25, -0.2) is 0 Å². The van der Waals surface area contributed by atoms with Crippen LogP contribution in [0.2, 0.25) is 0 Å². The molecule has 0 spiro atoms. The molecule has 0 saturated carbocycles. The molecule has 0 aliphatic heterocycles. The summed E-state index contributed by atoms with van der Waals surface area (Å²) in [6, 6.07) is 0. The average molecular weight is 312 g/mol. The summed E-state index contributed by atoms with van der Waals surface area (Å²) in [6.07, 6.45) is 1.74. The maximum absolute atomic E-state index is 11.5. The van der Waals surface area contributed by atoms with Gasteiger partial charge in [-0.15, -0.1) is 0 Å². The van der Waals surface area contributed by atoms with Gasteiger partial charge in [0.15, 0.2) is 11.6 Å². The fourth-order valence-electron chi connectivity index (χ4n) is 1.53. The maximum atomic E-state index is 11.5. The summed E-state index contributed by atoms with van der Waals surface area (Å²) in [5, 5.41) is 5.14. The van der Waals surface area contributed by atoms with Gasteiger partial charge < -0.3 is 10.6 Å². The second-order valence-electron chi connectivity index (χ2n) is 6.00. The Kier molecular flexibility index (Phi) is 10.1. The smallest absolute Gasteiger partial charge is 0.220 e. The van der Waals surface area contributed by atoms with Crippen LogP contribution < -0.4 is 10.6 Å². The van der Waals surface area contributed by atoms with Crippen LogP contribution in [-0.4, -0.2) is 36.5 Å². The second-order valence-corrected chi connectivity index (χ2v) is 6.00. The maximum Gasteiger partial charge on any atom is 0.220 e. The molecule has 6 heteroatoms. The third-order valence-corrected chi connectivity index (χ3v) is 3.27. The van der Waals surface area contributed by atoms with E-state index in [0.717, 1.165) is 0 Å². The quantitative estimate of drug-likeness (QED) is 0.561. The summed E-state index contributed by atoms with van der Waals surface area (Å²) < 4.78 is 0. The van der Waals surface area contributed by atoms with E-state index in [0.29, 0.717) is 25.7 Å². The summed E-state index contributed by atoms with van der Waals surface area (Å²) >= 11 is 0. The molecule has 126 valence electrons. The van der Waals surface area contributed by atoms with Crippen molar-refractivity contribution in [1.82, 2.24) is 10.6 Å². The predicted octanol–water partition coefficient (Wildman–Crippen LogP) is 1.23. The zero-order valence-electron chi connectivity index (χ0n) is 14.0. The van der Waals surface area contributed by atoms with Crippen molar-refractivity contribution in [2.24, 2.45) is 11.8 Å². The number of hydrogen-bond donors (Lipinski definition) is 2. The van der Waals surface area contributed by atoms with E-state index in [9.17, 15) is 19.2 Å². The molecule has 22 heavy (non-hydrogen) atoms. The minimum atomic E-state index is -0.176. The highest BCUT2D eigenvalue weighted by molar-refractivity contribution is 5.87. The van der Waals surface area contributed by atoms with Gasteiger partial charge in [-0.2, -0.15) is 0 Å². The van der Waals surface area contributed by atoms with E-state index in [1.165, 1.54) is 0 Å². The SMILES string of the molecule is CC(C)C(=O)CNC(=O)CCCCC(=O)NCC(=O)C(C)C. The Morgan fingerprint density at radius 2 is 1.00 bits per heavy atom. The van der Waals surface area contributed by atoms with Gasteiger partial charge in [-0.3, -0.25) is 19.2 Å². The van der Waals surface area contributed by atoms with Crippen molar-refractivity contribution in [3.8, 4) is 0 Å². The van der Waals surface area contributed by atoms with Crippen molar-refractivity contribution in [3.05, 3.63) is 0 Å². The standard InChI is InChI=1S/C16H28N2O4/c1-11(2)13(19)9-17-15(21)7-5-6-8-16(22)18-10-14(20)12(3)4/h11-12H,5-10H2,1-4H3,(H,17,21)(H,18,22). The molecule has 0 aromatic carbocycles. The molecular formula is C16H28N2O4. The molecule has 0 rings (SSSR count). The summed E-state index contributed by atoms with van der Waals surface area (Å²) in [7, 11) is 0. The van der Waals surface area contributed by atoms with Crippen LogP contribution in [0.15, 0.2) is 0 Å². The number of nitrogens with one attached hydrogen (secondary N) is 2. The fourth-order valence-corrected chi connectivity index (χ4v) is 1.53. The Labute approximate surface area is 132 Å². The van der Waals surface area contributed by atoms with Gasteiger partial charge in [0.05, 0.1) is 13.1 Å². The van der Waals surface area contributed by atoms with Crippen LogP contribution in [0.1, 0.15) is 53.4 Å². The molecule has 0 unspecified atom stereocenters. The molecule has 2 amide bonds. The second kappa shape index (κ2) is 10.9. The number of carbonyl (C=O) groups is 4. The first-order valence-electron chi connectivity index (χ1n) is 7.82. The van der Waals surface area contributed by atoms with Gasteiger partial charge in [0.25, 0.3) is 0 Å². The Morgan fingerprint density at radius 3 is 1.27 bits per heavy atom. The van der Waals surface area contributed by atoms with Gasteiger partial charge in [0, 0.05) is 24.7 Å². The van der Waals surface area contributed by atoms with Gasteiger partial charge in [-0.1, -0.05) is 27.7 Å². The Hall–Kier alpha value is -1.72. The van der Waals surface area contributed by atoms with Gasteiger partial charge in [-0.05, 0) is 12.8 Å². The van der Waals surface area contributed by atoms with E-state index < -0.39 is 0 Å². The van der Waals surface area contributed by atoms with Gasteiger partial charge >= 0.3 is 0 Å². The van der Waals surface area contributed by atoms with Crippen LogP contribution in [0.5, 0.6) is 0 Å². The monoisotopic (exact) mass is 312 g/mol. The fraction of sp³-hybridized carbons (Fsp3) is 0.750. The zero-order valence-corrected chi connectivity index (χ0v) is 14.0. The molecule has 0 aromatic rings. The number of unbranched alkanes of at least 4 members (excludes halogenated alkanes) is 1. The number of hydrogen-bond acceptors (Lipinski definition) is 4. The first kappa shape index (κ1) is 20.3. The van der Waals surface area contributed by atoms with Crippen molar-refractivity contribution in [3.63, 3.8) is 0 Å². The molecule has 0 aromatic heterocycles. The first-order chi connectivity index (χ1) is 10.2. The molecule has 6 nitrogen and oxygen atoms in total. The lowest BCUT2D eigenvalue weighted by molar-refractivity contribution is -0.127. The van der Waals surface area contributed by atoms with Crippen LogP contribution >= 0.6 is 0 Å². The summed E-state index contributed by atoms with van der Waals surface area (Å²) in [4.78, 5) is 45.7. The van der Waals surface area contributed by atoms with Gasteiger partial charge in [0.1, 0.15) is 0 Å². The Balaban J connectivity index is 3.67. The highest BCUT2D eigenvalue weighted by Gasteiger charge is 2.10. The van der Waals surface area contributed by atoms with E-state index in [-0.39, 0.29) is 48.3 Å². The molecule has 0 aliphatic carbocycles. The average Bonchev–Trinajstić information content (AvgIpc) is 2.46. The third kappa shape index (κ3) is 10.1. The summed E-state index contributed by atoms with van der Waals surface area (Å²) in [6.45, 7) is 7.28. The number of carbonyl (C=O) groups excluding carboxylic acids is 4. The van der Waals surface area contributed by atoms with E-state index in [1.54, 1.807) is 27.7 Å². The van der Waals surface area contributed by atoms with Crippen LogP contribution in [-0.2, 0) is 19.2 Å². The van der Waals surface area contributed by atoms with Crippen molar-refractivity contribution >= 4 is 23.4 Å². The number of amides is 2. The molecule has 0 saturated heterocycles. The van der Waals surface area contributed by atoms with E-state index in [4.69, 9.17) is 0 Å². The topological polar surface area (TPSA) is 92.3 Å². The molecule has 0 fully saturated rings. The zero-order chi connectivity index (χ0) is 17.1. The highest BCUT2D eigenvalue weighted by atomic mass is 16.2.